The monoisotopic (exact) mass is 389 g/mol. The van der Waals surface area contributed by atoms with Crippen molar-refractivity contribution in [3.05, 3.63) is 41.1 Å². The van der Waals surface area contributed by atoms with Gasteiger partial charge < -0.3 is 10.3 Å². The number of nitrogens with one attached hydrogen (secondary N) is 2. The summed E-state index contributed by atoms with van der Waals surface area (Å²) in [6.07, 6.45) is 6.12. The van der Waals surface area contributed by atoms with Crippen LogP contribution in [-0.2, 0) is 0 Å². The van der Waals surface area contributed by atoms with Crippen LogP contribution in [-0.4, -0.2) is 42.6 Å². The van der Waals surface area contributed by atoms with Gasteiger partial charge in [0.05, 0.1) is 16.8 Å². The van der Waals surface area contributed by atoms with Gasteiger partial charge in [0, 0.05) is 6.54 Å². The molecule has 1 aliphatic carbocycles. The predicted molar refractivity (Wildman–Crippen MR) is 96.0 cm³/mol. The summed E-state index contributed by atoms with van der Waals surface area (Å²) in [4.78, 5) is 19.3. The van der Waals surface area contributed by atoms with Crippen molar-refractivity contribution < 1.29 is 9.18 Å². The van der Waals surface area contributed by atoms with Gasteiger partial charge in [-0.15, -0.1) is 5.10 Å². The molecule has 0 atom stereocenters. The van der Waals surface area contributed by atoms with E-state index in [4.69, 9.17) is 11.6 Å². The maximum absolute atomic E-state index is 14.2. The molecular formula is C17H17ClFN7O. The summed E-state index contributed by atoms with van der Waals surface area (Å²) < 4.78 is 15.5. The smallest absolute Gasteiger partial charge is 0.287 e. The van der Waals surface area contributed by atoms with E-state index < -0.39 is 5.82 Å². The van der Waals surface area contributed by atoms with Gasteiger partial charge in [0.25, 0.3) is 5.91 Å². The van der Waals surface area contributed by atoms with Gasteiger partial charge in [0.15, 0.2) is 17.5 Å². The average molecular weight is 390 g/mol. The fourth-order valence-corrected chi connectivity index (χ4v) is 3.53. The number of amides is 1. The molecule has 1 aromatic carbocycles. The normalized spacial score (nSPS) is 14.6. The first kappa shape index (κ1) is 17.6. The summed E-state index contributed by atoms with van der Waals surface area (Å²) in [6.45, 7) is 0.635. The van der Waals surface area contributed by atoms with Crippen LogP contribution in [0.15, 0.2) is 24.4 Å². The fraction of sp³-hybridized carbons (Fsp3) is 0.353. The van der Waals surface area contributed by atoms with E-state index in [1.165, 1.54) is 35.9 Å². The summed E-state index contributed by atoms with van der Waals surface area (Å²) in [5.41, 5.74) is 0.0750. The number of rotatable bonds is 5. The molecule has 140 valence electrons. The SMILES string of the molecule is O=C(NCC1CCCC1)c1ncc(-n2nnnc2-c2c(F)cccc2Cl)[nH]1. The second kappa shape index (κ2) is 7.43. The van der Waals surface area contributed by atoms with Crippen LogP contribution in [0, 0.1) is 11.7 Å². The summed E-state index contributed by atoms with van der Waals surface area (Å²) in [5.74, 6) is 0.265. The Morgan fingerprint density at radius 2 is 2.19 bits per heavy atom. The molecule has 3 aromatic rings. The number of nitrogens with zero attached hydrogens (tertiary/aromatic N) is 5. The van der Waals surface area contributed by atoms with Crippen molar-refractivity contribution in [3.8, 4) is 17.2 Å². The predicted octanol–water partition coefficient (Wildman–Crippen LogP) is 2.76. The number of hydrogen-bond acceptors (Lipinski definition) is 5. The van der Waals surface area contributed by atoms with Gasteiger partial charge in [-0.2, -0.15) is 4.68 Å². The zero-order valence-electron chi connectivity index (χ0n) is 14.3. The molecule has 1 amide bonds. The van der Waals surface area contributed by atoms with Crippen LogP contribution in [0.4, 0.5) is 4.39 Å². The molecule has 0 saturated heterocycles. The Labute approximate surface area is 159 Å². The lowest BCUT2D eigenvalue weighted by Crippen LogP contribution is -2.29. The number of H-pyrrole nitrogens is 1. The van der Waals surface area contributed by atoms with Crippen molar-refractivity contribution in [1.82, 2.24) is 35.5 Å². The molecule has 0 bridgehead atoms. The third kappa shape index (κ3) is 3.55. The summed E-state index contributed by atoms with van der Waals surface area (Å²) >= 11 is 6.10. The minimum atomic E-state index is -0.549. The van der Waals surface area contributed by atoms with E-state index >= 15 is 0 Å². The van der Waals surface area contributed by atoms with Crippen LogP contribution >= 0.6 is 11.6 Å². The highest BCUT2D eigenvalue weighted by Gasteiger charge is 2.21. The number of benzene rings is 1. The van der Waals surface area contributed by atoms with E-state index in [1.54, 1.807) is 6.07 Å². The van der Waals surface area contributed by atoms with Gasteiger partial charge in [-0.05, 0) is 41.3 Å². The minimum absolute atomic E-state index is 0.0750. The first-order chi connectivity index (χ1) is 13.1. The van der Waals surface area contributed by atoms with Crippen LogP contribution in [0.5, 0.6) is 0 Å². The molecule has 1 saturated carbocycles. The third-order valence-electron chi connectivity index (χ3n) is 4.69. The molecule has 4 rings (SSSR count). The van der Waals surface area contributed by atoms with Crippen molar-refractivity contribution in [3.63, 3.8) is 0 Å². The number of aromatic nitrogens is 6. The summed E-state index contributed by atoms with van der Waals surface area (Å²) in [5, 5.41) is 14.4. The van der Waals surface area contributed by atoms with Crippen LogP contribution in [0.3, 0.4) is 0 Å². The van der Waals surface area contributed by atoms with E-state index in [0.29, 0.717) is 18.3 Å². The average Bonchev–Trinajstić information content (AvgIpc) is 3.40. The molecule has 2 heterocycles. The number of aromatic amines is 1. The van der Waals surface area contributed by atoms with Gasteiger partial charge in [0.1, 0.15) is 5.82 Å². The Bertz CT molecular complexity index is 944. The van der Waals surface area contributed by atoms with E-state index in [1.807, 2.05) is 0 Å². The maximum Gasteiger partial charge on any atom is 0.287 e. The molecule has 1 aliphatic rings. The quantitative estimate of drug-likeness (QED) is 0.698. The highest BCUT2D eigenvalue weighted by molar-refractivity contribution is 6.33. The van der Waals surface area contributed by atoms with Gasteiger partial charge >= 0.3 is 0 Å². The number of imidazole rings is 1. The van der Waals surface area contributed by atoms with E-state index in [-0.39, 0.29) is 28.1 Å². The Morgan fingerprint density at radius 3 is 2.96 bits per heavy atom. The Morgan fingerprint density at radius 1 is 1.37 bits per heavy atom. The molecule has 2 aromatic heterocycles. The minimum Gasteiger partial charge on any atom is -0.349 e. The zero-order chi connectivity index (χ0) is 18.8. The van der Waals surface area contributed by atoms with Gasteiger partial charge in [-0.1, -0.05) is 30.5 Å². The van der Waals surface area contributed by atoms with Crippen LogP contribution in [0.25, 0.3) is 17.2 Å². The van der Waals surface area contributed by atoms with E-state index in [2.05, 4.69) is 30.8 Å². The highest BCUT2D eigenvalue weighted by atomic mass is 35.5. The standard InChI is InChI=1S/C17H17ClFN7O/c18-11-6-3-7-12(19)14(11)16-23-24-25-26(16)13-9-20-15(22-13)17(27)21-8-10-4-1-2-5-10/h3,6-7,9-10H,1-2,4-5,8H2,(H,20,22)(H,21,27). The first-order valence-corrected chi connectivity index (χ1v) is 9.07. The van der Waals surface area contributed by atoms with E-state index in [9.17, 15) is 9.18 Å². The fourth-order valence-electron chi connectivity index (χ4n) is 3.29. The Balaban J connectivity index is 1.56. The van der Waals surface area contributed by atoms with Crippen LogP contribution in [0.1, 0.15) is 36.3 Å². The molecule has 0 radical (unpaired) electrons. The number of halogens is 2. The van der Waals surface area contributed by atoms with Crippen molar-refractivity contribution in [1.29, 1.82) is 0 Å². The van der Waals surface area contributed by atoms with Crippen molar-refractivity contribution in [2.45, 2.75) is 25.7 Å². The first-order valence-electron chi connectivity index (χ1n) is 8.70. The van der Waals surface area contributed by atoms with Crippen LogP contribution in [0.2, 0.25) is 5.02 Å². The van der Waals surface area contributed by atoms with Gasteiger partial charge in [-0.3, -0.25) is 4.79 Å². The lowest BCUT2D eigenvalue weighted by atomic mass is 10.1. The van der Waals surface area contributed by atoms with Gasteiger partial charge in [-0.25, -0.2) is 9.37 Å². The molecule has 0 unspecified atom stereocenters. The number of carbonyl (C=O) groups excluding carboxylic acids is 1. The topological polar surface area (TPSA) is 101 Å². The number of hydrogen-bond donors (Lipinski definition) is 2. The second-order valence-corrected chi connectivity index (χ2v) is 6.90. The molecule has 0 aliphatic heterocycles. The lowest BCUT2D eigenvalue weighted by Gasteiger charge is -2.09. The summed E-state index contributed by atoms with van der Waals surface area (Å²) in [7, 11) is 0. The largest absolute Gasteiger partial charge is 0.349 e. The Kier molecular flexibility index (Phi) is 4.85. The Hall–Kier alpha value is -2.81. The number of tetrazole rings is 1. The van der Waals surface area contributed by atoms with Gasteiger partial charge in [0.2, 0.25) is 0 Å². The maximum atomic E-state index is 14.2. The van der Waals surface area contributed by atoms with Crippen LogP contribution < -0.4 is 5.32 Å². The van der Waals surface area contributed by atoms with Crippen molar-refractivity contribution in [2.75, 3.05) is 6.54 Å². The number of carbonyl (C=O) groups is 1. The highest BCUT2D eigenvalue weighted by Crippen LogP contribution is 2.29. The lowest BCUT2D eigenvalue weighted by molar-refractivity contribution is 0.0938. The molecular weight excluding hydrogens is 373 g/mol. The van der Waals surface area contributed by atoms with E-state index in [0.717, 1.165) is 12.8 Å². The molecule has 8 nitrogen and oxygen atoms in total. The molecule has 27 heavy (non-hydrogen) atoms. The molecule has 1 fully saturated rings. The second-order valence-electron chi connectivity index (χ2n) is 6.49. The third-order valence-corrected chi connectivity index (χ3v) is 5.00. The molecule has 2 N–H and O–H groups in total. The molecule has 10 heteroatoms. The van der Waals surface area contributed by atoms with Crippen molar-refractivity contribution >= 4 is 17.5 Å². The zero-order valence-corrected chi connectivity index (χ0v) is 15.1. The summed E-state index contributed by atoms with van der Waals surface area (Å²) in [6, 6.07) is 4.32. The molecule has 0 spiro atoms. The van der Waals surface area contributed by atoms with Crippen molar-refractivity contribution in [2.24, 2.45) is 5.92 Å².